The number of hydrogen-bond acceptors (Lipinski definition) is 3. The SMILES string of the molecule is CCCNC(=O)[C@H](C)N(Cc1ccc(Cl)cc1Cl)C(=O)COc1ccc(C(C)(C)C)cc1. The molecule has 5 nitrogen and oxygen atoms in total. The number of nitrogens with one attached hydrogen (secondary N) is 1. The molecule has 0 radical (unpaired) electrons. The molecule has 2 aromatic rings. The molecule has 0 unspecified atom stereocenters. The minimum atomic E-state index is -0.687. The average Bonchev–Trinajstić information content (AvgIpc) is 2.74. The van der Waals surface area contributed by atoms with Gasteiger partial charge in [0, 0.05) is 23.1 Å². The number of carbonyl (C=O) groups excluding carboxylic acids is 2. The van der Waals surface area contributed by atoms with E-state index in [0.717, 1.165) is 6.42 Å². The molecule has 1 atom stereocenters. The first-order chi connectivity index (χ1) is 15.0. The number of halogens is 2. The zero-order valence-corrected chi connectivity index (χ0v) is 20.9. The van der Waals surface area contributed by atoms with Crippen LogP contribution in [-0.2, 0) is 21.5 Å². The second-order valence-corrected chi connectivity index (χ2v) is 9.63. The van der Waals surface area contributed by atoms with Crippen molar-refractivity contribution >= 4 is 35.0 Å². The van der Waals surface area contributed by atoms with Crippen LogP contribution in [0.1, 0.15) is 52.2 Å². The van der Waals surface area contributed by atoms with Crippen LogP contribution in [0.5, 0.6) is 5.75 Å². The van der Waals surface area contributed by atoms with Crippen LogP contribution in [0.4, 0.5) is 0 Å². The fourth-order valence-corrected chi connectivity index (χ4v) is 3.56. The number of carbonyl (C=O) groups is 2. The van der Waals surface area contributed by atoms with E-state index in [1.54, 1.807) is 25.1 Å². The number of benzene rings is 2. The van der Waals surface area contributed by atoms with Crippen LogP contribution in [0.15, 0.2) is 42.5 Å². The van der Waals surface area contributed by atoms with Gasteiger partial charge in [0.1, 0.15) is 11.8 Å². The molecule has 7 heteroatoms. The molecule has 0 bridgehead atoms. The van der Waals surface area contributed by atoms with Crippen LogP contribution >= 0.6 is 23.2 Å². The second kappa shape index (κ2) is 11.6. The van der Waals surface area contributed by atoms with E-state index in [4.69, 9.17) is 27.9 Å². The molecule has 1 N–H and O–H groups in total. The first-order valence-electron chi connectivity index (χ1n) is 10.8. The maximum absolute atomic E-state index is 13.1. The Morgan fingerprint density at radius 1 is 1.09 bits per heavy atom. The van der Waals surface area contributed by atoms with Crippen LogP contribution in [0.25, 0.3) is 0 Å². The smallest absolute Gasteiger partial charge is 0.261 e. The van der Waals surface area contributed by atoms with Crippen molar-refractivity contribution in [2.75, 3.05) is 13.2 Å². The monoisotopic (exact) mass is 478 g/mol. The molecule has 0 saturated heterocycles. The summed E-state index contributed by atoms with van der Waals surface area (Å²) in [4.78, 5) is 27.2. The molecule has 0 aliphatic carbocycles. The lowest BCUT2D eigenvalue weighted by Crippen LogP contribution is -2.49. The fraction of sp³-hybridized carbons (Fsp3) is 0.440. The highest BCUT2D eigenvalue weighted by molar-refractivity contribution is 6.35. The van der Waals surface area contributed by atoms with Gasteiger partial charge in [0.05, 0.1) is 0 Å². The molecule has 0 aliphatic heterocycles. The zero-order chi connectivity index (χ0) is 23.9. The summed E-state index contributed by atoms with van der Waals surface area (Å²) in [5, 5.41) is 3.79. The Morgan fingerprint density at radius 3 is 2.31 bits per heavy atom. The van der Waals surface area contributed by atoms with Crippen molar-refractivity contribution in [3.8, 4) is 5.75 Å². The topological polar surface area (TPSA) is 58.6 Å². The van der Waals surface area contributed by atoms with Gasteiger partial charge < -0.3 is 15.0 Å². The Hall–Kier alpha value is -2.24. The second-order valence-electron chi connectivity index (χ2n) is 8.79. The van der Waals surface area contributed by atoms with Crippen LogP contribution < -0.4 is 10.1 Å². The quantitative estimate of drug-likeness (QED) is 0.509. The summed E-state index contributed by atoms with van der Waals surface area (Å²) >= 11 is 12.3. The highest BCUT2D eigenvalue weighted by Crippen LogP contribution is 2.25. The lowest BCUT2D eigenvalue weighted by molar-refractivity contribution is -0.142. The Kier molecular flexibility index (Phi) is 9.41. The first kappa shape index (κ1) is 26.0. The largest absolute Gasteiger partial charge is 0.484 e. The van der Waals surface area contributed by atoms with Crippen LogP contribution in [0, 0.1) is 0 Å². The van der Waals surface area contributed by atoms with Gasteiger partial charge in [0.15, 0.2) is 6.61 Å². The third kappa shape index (κ3) is 7.42. The van der Waals surface area contributed by atoms with Crippen LogP contribution in [0.2, 0.25) is 10.0 Å². The summed E-state index contributed by atoms with van der Waals surface area (Å²) in [6.07, 6.45) is 0.809. The molecule has 2 aromatic carbocycles. The van der Waals surface area contributed by atoms with Gasteiger partial charge in [0.2, 0.25) is 5.91 Å². The molecule has 0 fully saturated rings. The van der Waals surface area contributed by atoms with Gasteiger partial charge in [-0.3, -0.25) is 9.59 Å². The lowest BCUT2D eigenvalue weighted by atomic mass is 9.87. The van der Waals surface area contributed by atoms with E-state index in [-0.39, 0.29) is 30.4 Å². The van der Waals surface area contributed by atoms with Gasteiger partial charge >= 0.3 is 0 Å². The molecule has 174 valence electrons. The predicted octanol–water partition coefficient (Wildman–Crippen LogP) is 5.61. The van der Waals surface area contributed by atoms with Gasteiger partial charge in [-0.25, -0.2) is 0 Å². The molecule has 0 spiro atoms. The minimum Gasteiger partial charge on any atom is -0.484 e. The number of ether oxygens (including phenoxy) is 1. The normalized spacial score (nSPS) is 12.2. The summed E-state index contributed by atoms with van der Waals surface area (Å²) < 4.78 is 5.74. The average molecular weight is 479 g/mol. The molecule has 0 aliphatic rings. The van der Waals surface area contributed by atoms with E-state index < -0.39 is 6.04 Å². The molecule has 0 saturated carbocycles. The summed E-state index contributed by atoms with van der Waals surface area (Å²) in [6.45, 7) is 10.6. The Balaban J connectivity index is 2.16. The van der Waals surface area contributed by atoms with E-state index in [9.17, 15) is 9.59 Å². The van der Waals surface area contributed by atoms with Crippen molar-refractivity contribution in [2.45, 2.75) is 59.0 Å². The standard InChI is InChI=1S/C25H32Cl2N2O3/c1-6-13-28-24(31)17(2)29(15-18-7-10-20(26)14-22(18)27)23(30)16-32-21-11-8-19(9-12-21)25(3,4)5/h7-12,14,17H,6,13,15-16H2,1-5H3,(H,28,31)/t17-/m0/s1. The van der Waals surface area contributed by atoms with Crippen molar-refractivity contribution < 1.29 is 14.3 Å². The zero-order valence-electron chi connectivity index (χ0n) is 19.4. The number of nitrogens with zero attached hydrogens (tertiary/aromatic N) is 1. The summed E-state index contributed by atoms with van der Waals surface area (Å²) in [7, 11) is 0. The van der Waals surface area contributed by atoms with E-state index in [1.807, 2.05) is 31.2 Å². The molecular weight excluding hydrogens is 447 g/mol. The Bertz CT molecular complexity index is 924. The maximum atomic E-state index is 13.1. The summed E-state index contributed by atoms with van der Waals surface area (Å²) in [5.74, 6) is 0.0637. The van der Waals surface area contributed by atoms with E-state index in [0.29, 0.717) is 27.9 Å². The molecular formula is C25H32Cl2N2O3. The Morgan fingerprint density at radius 2 is 1.75 bits per heavy atom. The van der Waals surface area contributed by atoms with Crippen molar-refractivity contribution in [2.24, 2.45) is 0 Å². The van der Waals surface area contributed by atoms with Gasteiger partial charge in [-0.2, -0.15) is 0 Å². The highest BCUT2D eigenvalue weighted by Gasteiger charge is 2.27. The van der Waals surface area contributed by atoms with E-state index >= 15 is 0 Å². The van der Waals surface area contributed by atoms with Crippen molar-refractivity contribution in [1.29, 1.82) is 0 Å². The molecule has 2 amide bonds. The van der Waals surface area contributed by atoms with Gasteiger partial charge in [-0.15, -0.1) is 0 Å². The molecule has 0 heterocycles. The fourth-order valence-electron chi connectivity index (χ4n) is 3.09. The number of amides is 2. The van der Waals surface area contributed by atoms with Crippen molar-refractivity contribution in [3.63, 3.8) is 0 Å². The van der Waals surface area contributed by atoms with Crippen molar-refractivity contribution in [3.05, 3.63) is 63.6 Å². The lowest BCUT2D eigenvalue weighted by Gasteiger charge is -2.29. The maximum Gasteiger partial charge on any atom is 0.261 e. The summed E-state index contributed by atoms with van der Waals surface area (Å²) in [5.41, 5.74) is 1.91. The van der Waals surface area contributed by atoms with Gasteiger partial charge in [-0.1, -0.05) is 69.1 Å². The molecule has 2 rings (SSSR count). The number of rotatable bonds is 9. The highest BCUT2D eigenvalue weighted by atomic mass is 35.5. The molecule has 0 aromatic heterocycles. The first-order valence-corrected chi connectivity index (χ1v) is 11.5. The predicted molar refractivity (Wildman–Crippen MR) is 130 cm³/mol. The van der Waals surface area contributed by atoms with Gasteiger partial charge in [0.25, 0.3) is 5.91 Å². The van der Waals surface area contributed by atoms with Crippen LogP contribution in [-0.4, -0.2) is 35.9 Å². The molecule has 32 heavy (non-hydrogen) atoms. The third-order valence-electron chi connectivity index (χ3n) is 5.15. The van der Waals surface area contributed by atoms with E-state index in [2.05, 4.69) is 26.1 Å². The minimum absolute atomic E-state index is 0.0320. The van der Waals surface area contributed by atoms with Gasteiger partial charge in [-0.05, 0) is 54.2 Å². The van der Waals surface area contributed by atoms with Crippen LogP contribution in [0.3, 0.4) is 0 Å². The summed E-state index contributed by atoms with van der Waals surface area (Å²) in [6, 6.07) is 12.1. The van der Waals surface area contributed by atoms with E-state index in [1.165, 1.54) is 10.5 Å². The van der Waals surface area contributed by atoms with Crippen molar-refractivity contribution in [1.82, 2.24) is 10.2 Å². The number of hydrogen-bond donors (Lipinski definition) is 1. The Labute approximate surface area is 201 Å². The third-order valence-corrected chi connectivity index (χ3v) is 5.74.